The fraction of sp³-hybridized carbons (Fsp3) is 0.556. The molecule has 8 heteroatoms. The quantitative estimate of drug-likeness (QED) is 0.565. The topological polar surface area (TPSA) is 118 Å². The second-order valence-corrected chi connectivity index (χ2v) is 3.71. The maximum atomic E-state index is 10.7. The Kier molecular flexibility index (Phi) is 3.79. The molecule has 0 saturated heterocycles. The van der Waals surface area contributed by atoms with Crippen LogP contribution < -0.4 is 0 Å². The number of aryl methyl sites for hydroxylation is 1. The normalized spacial score (nSPS) is 12.4. The third kappa shape index (κ3) is 3.00. The van der Waals surface area contributed by atoms with E-state index in [2.05, 4.69) is 5.10 Å². The Hall–Kier alpha value is -1.96. The van der Waals surface area contributed by atoms with Crippen molar-refractivity contribution in [2.75, 3.05) is 0 Å². The van der Waals surface area contributed by atoms with Crippen molar-refractivity contribution in [2.45, 2.75) is 32.9 Å². The Morgan fingerprint density at radius 2 is 2.18 bits per heavy atom. The van der Waals surface area contributed by atoms with Gasteiger partial charge < -0.3 is 10.2 Å². The summed E-state index contributed by atoms with van der Waals surface area (Å²) in [7, 11) is 0. The SMILES string of the molecule is Cc1nn(CC(O)CC(=O)O)c(C)c1[N+](=O)[O-]. The smallest absolute Gasteiger partial charge is 0.312 e. The average molecular weight is 243 g/mol. The molecule has 0 aromatic carbocycles. The van der Waals surface area contributed by atoms with E-state index >= 15 is 0 Å². The second-order valence-electron chi connectivity index (χ2n) is 3.71. The first-order valence-electron chi connectivity index (χ1n) is 4.91. The minimum Gasteiger partial charge on any atom is -0.481 e. The molecule has 0 spiro atoms. The van der Waals surface area contributed by atoms with Crippen LogP contribution in [0.2, 0.25) is 0 Å². The minimum atomic E-state index is -1.13. The average Bonchev–Trinajstić information content (AvgIpc) is 2.39. The third-order valence-electron chi connectivity index (χ3n) is 2.32. The van der Waals surface area contributed by atoms with Gasteiger partial charge in [0.15, 0.2) is 0 Å². The molecule has 0 radical (unpaired) electrons. The van der Waals surface area contributed by atoms with E-state index in [1.54, 1.807) is 0 Å². The van der Waals surface area contributed by atoms with Crippen molar-refractivity contribution in [3.63, 3.8) is 0 Å². The zero-order valence-corrected chi connectivity index (χ0v) is 9.45. The van der Waals surface area contributed by atoms with Crippen molar-refractivity contribution in [3.05, 3.63) is 21.5 Å². The number of carboxylic acid groups (broad SMARTS) is 1. The Labute approximate surface area is 96.6 Å². The molecule has 0 aliphatic carbocycles. The number of nitro groups is 1. The van der Waals surface area contributed by atoms with Gasteiger partial charge in [-0.1, -0.05) is 0 Å². The molecule has 2 N–H and O–H groups in total. The van der Waals surface area contributed by atoms with Gasteiger partial charge in [-0.2, -0.15) is 5.10 Å². The Morgan fingerprint density at radius 1 is 1.59 bits per heavy atom. The lowest BCUT2D eigenvalue weighted by atomic mass is 10.2. The summed E-state index contributed by atoms with van der Waals surface area (Å²) in [5.41, 5.74) is 0.444. The van der Waals surface area contributed by atoms with Crippen molar-refractivity contribution in [1.82, 2.24) is 9.78 Å². The first-order chi connectivity index (χ1) is 7.82. The van der Waals surface area contributed by atoms with E-state index in [9.17, 15) is 20.0 Å². The van der Waals surface area contributed by atoms with Crippen LogP contribution in [-0.2, 0) is 11.3 Å². The number of carboxylic acids is 1. The van der Waals surface area contributed by atoms with Crippen LogP contribution in [0.1, 0.15) is 17.8 Å². The number of aliphatic carboxylic acids is 1. The minimum absolute atomic E-state index is 0.0766. The fourth-order valence-electron chi connectivity index (χ4n) is 1.60. The molecule has 1 atom stereocenters. The van der Waals surface area contributed by atoms with E-state index < -0.39 is 23.4 Å². The van der Waals surface area contributed by atoms with E-state index in [0.717, 1.165) is 0 Å². The third-order valence-corrected chi connectivity index (χ3v) is 2.32. The van der Waals surface area contributed by atoms with Gasteiger partial charge in [0.25, 0.3) is 0 Å². The molecule has 0 aliphatic rings. The number of rotatable bonds is 5. The summed E-state index contributed by atoms with van der Waals surface area (Å²) in [6.45, 7) is 2.92. The molecule has 17 heavy (non-hydrogen) atoms. The van der Waals surface area contributed by atoms with Gasteiger partial charge in [-0.3, -0.25) is 19.6 Å². The fourth-order valence-corrected chi connectivity index (χ4v) is 1.60. The summed E-state index contributed by atoms with van der Waals surface area (Å²) in [5, 5.41) is 32.5. The highest BCUT2D eigenvalue weighted by Crippen LogP contribution is 2.21. The standard InChI is InChI=1S/C9H13N3O5/c1-5-9(12(16)17)6(2)11(10-5)4-7(13)3-8(14)15/h7,13H,3-4H2,1-2H3,(H,14,15). The summed E-state index contributed by atoms with van der Waals surface area (Å²) in [6.07, 6.45) is -1.54. The summed E-state index contributed by atoms with van der Waals surface area (Å²) in [6, 6.07) is 0. The number of carbonyl (C=O) groups is 1. The molecule has 1 heterocycles. The number of nitrogens with zero attached hydrogens (tertiary/aromatic N) is 3. The molecule has 0 fully saturated rings. The van der Waals surface area contributed by atoms with Crippen LogP contribution in [0, 0.1) is 24.0 Å². The molecule has 0 amide bonds. The molecule has 8 nitrogen and oxygen atoms in total. The van der Waals surface area contributed by atoms with Crippen molar-refractivity contribution in [2.24, 2.45) is 0 Å². The second kappa shape index (κ2) is 4.91. The molecule has 1 aromatic heterocycles. The molecular weight excluding hydrogens is 230 g/mol. The van der Waals surface area contributed by atoms with E-state index in [4.69, 9.17) is 5.11 Å². The molecule has 0 aliphatic heterocycles. The van der Waals surface area contributed by atoms with E-state index in [0.29, 0.717) is 5.69 Å². The first-order valence-corrected chi connectivity index (χ1v) is 4.91. The van der Waals surface area contributed by atoms with Crippen LogP contribution in [0.5, 0.6) is 0 Å². The van der Waals surface area contributed by atoms with Gasteiger partial charge in [-0.15, -0.1) is 0 Å². The summed E-state index contributed by atoms with van der Waals surface area (Å²) >= 11 is 0. The van der Waals surface area contributed by atoms with Crippen molar-refractivity contribution in [1.29, 1.82) is 0 Å². The van der Waals surface area contributed by atoms with Gasteiger partial charge in [-0.25, -0.2) is 0 Å². The zero-order chi connectivity index (χ0) is 13.2. The molecule has 1 aromatic rings. The monoisotopic (exact) mass is 243 g/mol. The predicted molar refractivity (Wildman–Crippen MR) is 56.6 cm³/mol. The first kappa shape index (κ1) is 13.1. The molecule has 0 bridgehead atoms. The van der Waals surface area contributed by atoms with Crippen LogP contribution in [0.15, 0.2) is 0 Å². The Balaban J connectivity index is 2.89. The van der Waals surface area contributed by atoms with Crippen LogP contribution in [0.4, 0.5) is 5.69 Å². The maximum Gasteiger partial charge on any atom is 0.312 e. The maximum absolute atomic E-state index is 10.7. The largest absolute Gasteiger partial charge is 0.481 e. The van der Waals surface area contributed by atoms with Crippen LogP contribution in [0.25, 0.3) is 0 Å². The number of aliphatic hydroxyl groups excluding tert-OH is 1. The number of hydrogen-bond acceptors (Lipinski definition) is 5. The summed E-state index contributed by atoms with van der Waals surface area (Å²) in [5.74, 6) is -1.13. The zero-order valence-electron chi connectivity index (χ0n) is 9.45. The summed E-state index contributed by atoms with van der Waals surface area (Å²) < 4.78 is 1.25. The molecule has 0 saturated carbocycles. The highest BCUT2D eigenvalue weighted by Gasteiger charge is 2.23. The predicted octanol–water partition coefficient (Wildman–Crippen LogP) is 0.244. The lowest BCUT2D eigenvalue weighted by Gasteiger charge is -2.08. The van der Waals surface area contributed by atoms with Crippen LogP contribution in [-0.4, -0.2) is 37.0 Å². The van der Waals surface area contributed by atoms with Gasteiger partial charge in [0.1, 0.15) is 11.4 Å². The van der Waals surface area contributed by atoms with Gasteiger partial charge in [-0.05, 0) is 13.8 Å². The van der Waals surface area contributed by atoms with Gasteiger partial charge in [0.05, 0.1) is 24.0 Å². The Bertz CT molecular complexity index is 454. The summed E-state index contributed by atoms with van der Waals surface area (Å²) in [4.78, 5) is 20.5. The molecule has 1 rings (SSSR count). The van der Waals surface area contributed by atoms with E-state index in [1.165, 1.54) is 18.5 Å². The van der Waals surface area contributed by atoms with E-state index in [-0.39, 0.29) is 17.9 Å². The lowest BCUT2D eigenvalue weighted by molar-refractivity contribution is -0.386. The van der Waals surface area contributed by atoms with Crippen LogP contribution >= 0.6 is 0 Å². The number of aliphatic hydroxyl groups is 1. The van der Waals surface area contributed by atoms with Gasteiger partial charge >= 0.3 is 11.7 Å². The lowest BCUT2D eigenvalue weighted by Crippen LogP contribution is -2.21. The van der Waals surface area contributed by atoms with Crippen molar-refractivity contribution < 1.29 is 19.9 Å². The molecule has 94 valence electrons. The molecule has 1 unspecified atom stereocenters. The Morgan fingerprint density at radius 3 is 2.59 bits per heavy atom. The number of aromatic nitrogens is 2. The van der Waals surface area contributed by atoms with Crippen LogP contribution in [0.3, 0.4) is 0 Å². The van der Waals surface area contributed by atoms with Gasteiger partial charge in [0, 0.05) is 0 Å². The van der Waals surface area contributed by atoms with Crippen molar-refractivity contribution >= 4 is 11.7 Å². The highest BCUT2D eigenvalue weighted by atomic mass is 16.6. The highest BCUT2D eigenvalue weighted by molar-refractivity contribution is 5.67. The molecular formula is C9H13N3O5. The van der Waals surface area contributed by atoms with E-state index in [1.807, 2.05) is 0 Å². The van der Waals surface area contributed by atoms with Gasteiger partial charge in [0.2, 0.25) is 0 Å². The van der Waals surface area contributed by atoms with Crippen molar-refractivity contribution in [3.8, 4) is 0 Å². The number of hydrogen-bond donors (Lipinski definition) is 2.